The molecule has 2 saturated heterocycles. The summed E-state index contributed by atoms with van der Waals surface area (Å²) >= 11 is 0. The number of hydrogen-bond acceptors (Lipinski definition) is 2. The molecule has 2 heterocycles. The largest absolute Gasteiger partial charge is 0.328 e. The summed E-state index contributed by atoms with van der Waals surface area (Å²) in [6, 6.07) is 0.500. The van der Waals surface area contributed by atoms with Gasteiger partial charge in [0.2, 0.25) is 0 Å². The van der Waals surface area contributed by atoms with Gasteiger partial charge in [-0.2, -0.15) is 0 Å². The summed E-state index contributed by atoms with van der Waals surface area (Å²) in [4.78, 5) is 16.5. The lowest BCUT2D eigenvalue weighted by atomic mass is 9.99. The topological polar surface area (TPSA) is 49.6 Å². The third-order valence-electron chi connectivity index (χ3n) is 4.07. The lowest BCUT2D eigenvalue weighted by molar-refractivity contribution is 0.102. The molecule has 17 heavy (non-hydrogen) atoms. The fourth-order valence-corrected chi connectivity index (χ4v) is 3.04. The molecule has 2 amide bonds. The van der Waals surface area contributed by atoms with E-state index in [4.69, 9.17) is 5.73 Å². The summed E-state index contributed by atoms with van der Waals surface area (Å²) < 4.78 is 0. The van der Waals surface area contributed by atoms with Crippen molar-refractivity contribution < 1.29 is 4.79 Å². The SMILES string of the molecule is CC1CCCN(C(=O)N2CCCCC2CN)C1. The van der Waals surface area contributed by atoms with Crippen LogP contribution in [0.1, 0.15) is 39.0 Å². The van der Waals surface area contributed by atoms with E-state index in [9.17, 15) is 4.79 Å². The van der Waals surface area contributed by atoms with Crippen LogP contribution in [0.15, 0.2) is 0 Å². The number of nitrogens with zero attached hydrogens (tertiary/aromatic N) is 2. The Morgan fingerprint density at radius 3 is 2.76 bits per heavy atom. The predicted molar refractivity (Wildman–Crippen MR) is 68.8 cm³/mol. The van der Waals surface area contributed by atoms with Crippen molar-refractivity contribution in [1.29, 1.82) is 0 Å². The van der Waals surface area contributed by atoms with Crippen molar-refractivity contribution in [2.45, 2.75) is 45.1 Å². The number of urea groups is 1. The minimum Gasteiger partial charge on any atom is -0.328 e. The zero-order chi connectivity index (χ0) is 12.3. The number of nitrogens with two attached hydrogens (primary N) is 1. The zero-order valence-electron chi connectivity index (χ0n) is 10.9. The maximum atomic E-state index is 12.5. The number of amides is 2. The molecule has 4 heteroatoms. The maximum absolute atomic E-state index is 12.5. The molecule has 2 fully saturated rings. The van der Waals surface area contributed by atoms with Gasteiger partial charge in [-0.1, -0.05) is 6.92 Å². The second-order valence-electron chi connectivity index (χ2n) is 5.55. The lowest BCUT2D eigenvalue weighted by Crippen LogP contribution is -2.54. The molecule has 2 atom stereocenters. The van der Waals surface area contributed by atoms with Crippen molar-refractivity contribution in [2.24, 2.45) is 11.7 Å². The number of likely N-dealkylation sites (tertiary alicyclic amines) is 2. The van der Waals surface area contributed by atoms with E-state index in [2.05, 4.69) is 6.92 Å². The Morgan fingerprint density at radius 1 is 1.24 bits per heavy atom. The Labute approximate surface area is 104 Å². The molecule has 2 aliphatic rings. The van der Waals surface area contributed by atoms with Crippen LogP contribution >= 0.6 is 0 Å². The van der Waals surface area contributed by atoms with Gasteiger partial charge in [-0.25, -0.2) is 4.79 Å². The molecule has 0 spiro atoms. The van der Waals surface area contributed by atoms with Gasteiger partial charge in [0.15, 0.2) is 0 Å². The highest BCUT2D eigenvalue weighted by molar-refractivity contribution is 5.75. The number of piperidine rings is 2. The Balaban J connectivity index is 1.97. The Kier molecular flexibility index (Phi) is 4.26. The summed E-state index contributed by atoms with van der Waals surface area (Å²) in [6.45, 7) is 5.58. The van der Waals surface area contributed by atoms with Gasteiger partial charge in [0.25, 0.3) is 0 Å². The van der Waals surface area contributed by atoms with Crippen LogP contribution in [-0.4, -0.2) is 48.1 Å². The molecule has 4 nitrogen and oxygen atoms in total. The second kappa shape index (κ2) is 5.71. The van der Waals surface area contributed by atoms with Gasteiger partial charge >= 0.3 is 6.03 Å². The van der Waals surface area contributed by atoms with Crippen molar-refractivity contribution in [2.75, 3.05) is 26.2 Å². The van der Waals surface area contributed by atoms with Crippen LogP contribution in [0.5, 0.6) is 0 Å². The van der Waals surface area contributed by atoms with Crippen LogP contribution in [0, 0.1) is 5.92 Å². The van der Waals surface area contributed by atoms with E-state index < -0.39 is 0 Å². The van der Waals surface area contributed by atoms with Crippen LogP contribution < -0.4 is 5.73 Å². The molecule has 2 aliphatic heterocycles. The predicted octanol–water partition coefficient (Wildman–Crippen LogP) is 1.65. The molecule has 0 aromatic heterocycles. The number of hydrogen-bond donors (Lipinski definition) is 1. The summed E-state index contributed by atoms with van der Waals surface area (Å²) in [7, 11) is 0. The Morgan fingerprint density at radius 2 is 2.06 bits per heavy atom. The third-order valence-corrected chi connectivity index (χ3v) is 4.07. The molecule has 0 radical (unpaired) electrons. The first-order valence-electron chi connectivity index (χ1n) is 6.98. The molecule has 98 valence electrons. The van der Waals surface area contributed by atoms with Crippen LogP contribution in [0.4, 0.5) is 4.79 Å². The van der Waals surface area contributed by atoms with E-state index >= 15 is 0 Å². The highest BCUT2D eigenvalue weighted by Crippen LogP contribution is 2.21. The normalized spacial score (nSPS) is 30.5. The van der Waals surface area contributed by atoms with Crippen molar-refractivity contribution in [3.05, 3.63) is 0 Å². The average molecular weight is 239 g/mol. The quantitative estimate of drug-likeness (QED) is 0.756. The summed E-state index contributed by atoms with van der Waals surface area (Å²) in [5, 5.41) is 0. The van der Waals surface area contributed by atoms with Crippen molar-refractivity contribution in [1.82, 2.24) is 9.80 Å². The summed E-state index contributed by atoms with van der Waals surface area (Å²) in [6.07, 6.45) is 5.82. The van der Waals surface area contributed by atoms with E-state index in [1.165, 1.54) is 12.8 Å². The van der Waals surface area contributed by atoms with E-state index in [1.807, 2.05) is 9.80 Å². The molecule has 0 bridgehead atoms. The van der Waals surface area contributed by atoms with Crippen LogP contribution in [0.3, 0.4) is 0 Å². The van der Waals surface area contributed by atoms with Gasteiger partial charge in [0.05, 0.1) is 0 Å². The minimum absolute atomic E-state index is 0.228. The number of carbonyl (C=O) groups is 1. The zero-order valence-corrected chi connectivity index (χ0v) is 10.9. The fraction of sp³-hybridized carbons (Fsp3) is 0.923. The number of carbonyl (C=O) groups excluding carboxylic acids is 1. The molecule has 0 aliphatic carbocycles. The average Bonchev–Trinajstić information content (AvgIpc) is 2.38. The first-order valence-corrected chi connectivity index (χ1v) is 6.98. The van der Waals surface area contributed by atoms with Crippen molar-refractivity contribution in [3.63, 3.8) is 0 Å². The van der Waals surface area contributed by atoms with Gasteiger partial charge in [0, 0.05) is 32.2 Å². The number of rotatable bonds is 1. The maximum Gasteiger partial charge on any atom is 0.320 e. The van der Waals surface area contributed by atoms with Crippen molar-refractivity contribution in [3.8, 4) is 0 Å². The first kappa shape index (κ1) is 12.7. The lowest BCUT2D eigenvalue weighted by Gasteiger charge is -2.40. The molecule has 0 saturated carbocycles. The molecule has 2 unspecified atom stereocenters. The molecule has 0 aromatic rings. The first-order chi connectivity index (χ1) is 8.22. The Hall–Kier alpha value is -0.770. The van der Waals surface area contributed by atoms with Crippen LogP contribution in [-0.2, 0) is 0 Å². The smallest absolute Gasteiger partial charge is 0.320 e. The van der Waals surface area contributed by atoms with Gasteiger partial charge in [-0.15, -0.1) is 0 Å². The van der Waals surface area contributed by atoms with Gasteiger partial charge in [0.1, 0.15) is 0 Å². The molecule has 2 N–H and O–H groups in total. The summed E-state index contributed by atoms with van der Waals surface area (Å²) in [5.74, 6) is 0.647. The van der Waals surface area contributed by atoms with Gasteiger partial charge < -0.3 is 15.5 Å². The van der Waals surface area contributed by atoms with E-state index in [1.54, 1.807) is 0 Å². The molecule has 2 rings (SSSR count). The van der Waals surface area contributed by atoms with Crippen molar-refractivity contribution >= 4 is 6.03 Å². The van der Waals surface area contributed by atoms with Gasteiger partial charge in [-0.3, -0.25) is 0 Å². The monoisotopic (exact) mass is 239 g/mol. The highest BCUT2D eigenvalue weighted by Gasteiger charge is 2.30. The summed E-state index contributed by atoms with van der Waals surface area (Å²) in [5.41, 5.74) is 5.78. The minimum atomic E-state index is 0.228. The molecular formula is C13H25N3O. The third kappa shape index (κ3) is 2.92. The van der Waals surface area contributed by atoms with Gasteiger partial charge in [-0.05, 0) is 38.0 Å². The van der Waals surface area contributed by atoms with Crippen LogP contribution in [0.2, 0.25) is 0 Å². The standard InChI is InChI=1S/C13H25N3O/c1-11-5-4-7-15(10-11)13(17)16-8-3-2-6-12(16)9-14/h11-12H,2-10,14H2,1H3. The van der Waals surface area contributed by atoms with E-state index in [0.29, 0.717) is 12.5 Å². The highest BCUT2D eigenvalue weighted by atomic mass is 16.2. The fourth-order valence-electron chi connectivity index (χ4n) is 3.04. The van der Waals surface area contributed by atoms with E-state index in [0.717, 1.165) is 38.9 Å². The second-order valence-corrected chi connectivity index (χ2v) is 5.55. The Bertz CT molecular complexity index is 269. The molecule has 0 aromatic carbocycles. The van der Waals surface area contributed by atoms with E-state index in [-0.39, 0.29) is 12.1 Å². The van der Waals surface area contributed by atoms with Crippen LogP contribution in [0.25, 0.3) is 0 Å². The molecular weight excluding hydrogens is 214 g/mol.